The summed E-state index contributed by atoms with van der Waals surface area (Å²) in [5.41, 5.74) is 9.09. The van der Waals surface area contributed by atoms with Crippen molar-refractivity contribution >= 4 is 22.3 Å². The van der Waals surface area contributed by atoms with Crippen molar-refractivity contribution in [2.75, 3.05) is 17.2 Å². The Labute approximate surface area is 108 Å². The zero-order chi connectivity index (χ0) is 12.8. The summed E-state index contributed by atoms with van der Waals surface area (Å²) >= 11 is 0. The van der Waals surface area contributed by atoms with Crippen LogP contribution >= 0.6 is 0 Å². The van der Waals surface area contributed by atoms with Gasteiger partial charge in [0.25, 0.3) is 0 Å². The number of aromatic nitrogens is 1. The van der Waals surface area contributed by atoms with Crippen molar-refractivity contribution in [2.24, 2.45) is 0 Å². The zero-order valence-electron chi connectivity index (χ0n) is 11.0. The van der Waals surface area contributed by atoms with Crippen LogP contribution in [-0.4, -0.2) is 17.1 Å². The van der Waals surface area contributed by atoms with Gasteiger partial charge >= 0.3 is 0 Å². The first-order valence-corrected chi connectivity index (χ1v) is 6.50. The Morgan fingerprint density at radius 1 is 1.28 bits per heavy atom. The van der Waals surface area contributed by atoms with Gasteiger partial charge in [-0.25, -0.2) is 0 Å². The maximum absolute atomic E-state index is 5.83. The van der Waals surface area contributed by atoms with Crippen molar-refractivity contribution in [1.82, 2.24) is 4.98 Å². The summed E-state index contributed by atoms with van der Waals surface area (Å²) in [6.45, 7) is 5.74. The molecule has 1 aromatic heterocycles. The van der Waals surface area contributed by atoms with Crippen molar-refractivity contribution in [3.8, 4) is 0 Å². The van der Waals surface area contributed by atoms with Crippen LogP contribution in [-0.2, 0) is 0 Å². The molecule has 0 bridgehead atoms. The van der Waals surface area contributed by atoms with E-state index in [1.807, 2.05) is 18.3 Å². The average Bonchev–Trinajstić information content (AvgIpc) is 2.67. The molecule has 0 spiro atoms. The van der Waals surface area contributed by atoms with Crippen molar-refractivity contribution < 1.29 is 0 Å². The summed E-state index contributed by atoms with van der Waals surface area (Å²) in [7, 11) is 0. The summed E-state index contributed by atoms with van der Waals surface area (Å²) in [6, 6.07) is 8.10. The summed E-state index contributed by atoms with van der Waals surface area (Å²) in [5.74, 6) is 0. The summed E-state index contributed by atoms with van der Waals surface area (Å²) < 4.78 is 0. The van der Waals surface area contributed by atoms with Crippen LogP contribution in [0.25, 0.3) is 10.9 Å². The van der Waals surface area contributed by atoms with Gasteiger partial charge in [0.15, 0.2) is 0 Å². The highest BCUT2D eigenvalue weighted by molar-refractivity contribution is 5.93. The van der Waals surface area contributed by atoms with Gasteiger partial charge in [0.2, 0.25) is 0 Å². The number of nitrogens with zero attached hydrogens (tertiary/aromatic N) is 2. The van der Waals surface area contributed by atoms with Gasteiger partial charge in [0.1, 0.15) is 0 Å². The predicted octanol–water partition coefficient (Wildman–Crippen LogP) is 3.20. The molecule has 3 nitrogen and oxygen atoms in total. The Hall–Kier alpha value is -1.77. The molecular formula is C15H19N3. The molecule has 94 valence electrons. The van der Waals surface area contributed by atoms with Crippen LogP contribution in [0.5, 0.6) is 0 Å². The van der Waals surface area contributed by atoms with Crippen molar-refractivity contribution in [2.45, 2.75) is 32.2 Å². The third-order valence-corrected chi connectivity index (χ3v) is 3.94. The zero-order valence-corrected chi connectivity index (χ0v) is 11.0. The van der Waals surface area contributed by atoms with Crippen LogP contribution in [0.2, 0.25) is 0 Å². The highest BCUT2D eigenvalue weighted by Crippen LogP contribution is 2.37. The quantitative estimate of drug-likeness (QED) is 0.780. The molecule has 1 saturated heterocycles. The highest BCUT2D eigenvalue weighted by Gasteiger charge is 2.32. The smallest absolute Gasteiger partial charge is 0.0743 e. The Bertz CT molecular complexity index is 589. The van der Waals surface area contributed by atoms with E-state index in [0.717, 1.165) is 17.7 Å². The number of benzene rings is 1. The maximum atomic E-state index is 5.83. The molecule has 2 aromatic rings. The first-order valence-electron chi connectivity index (χ1n) is 6.50. The van der Waals surface area contributed by atoms with E-state index >= 15 is 0 Å². The molecule has 0 aliphatic carbocycles. The van der Waals surface area contributed by atoms with E-state index in [-0.39, 0.29) is 5.54 Å². The van der Waals surface area contributed by atoms with Gasteiger partial charge in [0.05, 0.1) is 5.52 Å². The second-order valence-electron chi connectivity index (χ2n) is 5.67. The number of rotatable bonds is 1. The number of nitrogens with two attached hydrogens (primary N) is 1. The third kappa shape index (κ3) is 1.70. The predicted molar refractivity (Wildman–Crippen MR) is 76.8 cm³/mol. The minimum absolute atomic E-state index is 0.232. The largest absolute Gasteiger partial charge is 0.399 e. The highest BCUT2D eigenvalue weighted by atomic mass is 15.2. The Kier molecular flexibility index (Phi) is 2.44. The summed E-state index contributed by atoms with van der Waals surface area (Å²) in [5, 5.41) is 1.20. The van der Waals surface area contributed by atoms with Crippen LogP contribution in [0.15, 0.2) is 30.5 Å². The fourth-order valence-corrected chi connectivity index (χ4v) is 2.94. The van der Waals surface area contributed by atoms with Crippen LogP contribution in [0.3, 0.4) is 0 Å². The second kappa shape index (κ2) is 3.87. The lowest BCUT2D eigenvalue weighted by molar-refractivity contribution is 0.519. The molecule has 1 aliphatic rings. The topological polar surface area (TPSA) is 42.2 Å². The van der Waals surface area contributed by atoms with E-state index in [9.17, 15) is 0 Å². The van der Waals surface area contributed by atoms with Crippen LogP contribution in [0.4, 0.5) is 11.4 Å². The number of pyridine rings is 1. The second-order valence-corrected chi connectivity index (χ2v) is 5.67. The average molecular weight is 241 g/mol. The molecule has 1 aliphatic heterocycles. The number of hydrogen-bond donors (Lipinski definition) is 1. The fourth-order valence-electron chi connectivity index (χ4n) is 2.94. The van der Waals surface area contributed by atoms with Crippen molar-refractivity contribution in [3.63, 3.8) is 0 Å². The Morgan fingerprint density at radius 2 is 2.11 bits per heavy atom. The van der Waals surface area contributed by atoms with E-state index in [0.29, 0.717) is 0 Å². The van der Waals surface area contributed by atoms with Gasteiger partial charge in [-0.15, -0.1) is 0 Å². The third-order valence-electron chi connectivity index (χ3n) is 3.94. The van der Waals surface area contributed by atoms with Crippen LogP contribution in [0.1, 0.15) is 26.7 Å². The molecule has 3 rings (SSSR count). The number of anilines is 2. The van der Waals surface area contributed by atoms with Crippen molar-refractivity contribution in [1.29, 1.82) is 0 Å². The van der Waals surface area contributed by atoms with Gasteiger partial charge in [-0.1, -0.05) is 0 Å². The van der Waals surface area contributed by atoms with Gasteiger partial charge in [-0.3, -0.25) is 4.98 Å². The standard InChI is InChI=1S/C15H19N3/c1-15(2)7-3-9-18(15)14-6-8-17-13-10-11(16)4-5-12(13)14/h4-6,8,10H,3,7,9,16H2,1-2H3. The lowest BCUT2D eigenvalue weighted by Crippen LogP contribution is -2.38. The molecule has 0 radical (unpaired) electrons. The van der Waals surface area contributed by atoms with Gasteiger partial charge in [-0.2, -0.15) is 0 Å². The van der Waals surface area contributed by atoms with Gasteiger partial charge in [-0.05, 0) is 51.0 Å². The minimum Gasteiger partial charge on any atom is -0.399 e. The van der Waals surface area contributed by atoms with Crippen LogP contribution < -0.4 is 10.6 Å². The molecule has 0 atom stereocenters. The molecule has 0 amide bonds. The minimum atomic E-state index is 0.232. The first kappa shape index (κ1) is 11.3. The Morgan fingerprint density at radius 3 is 2.83 bits per heavy atom. The Balaban J connectivity index is 2.18. The molecule has 2 heterocycles. The molecule has 0 saturated carbocycles. The summed E-state index contributed by atoms with van der Waals surface area (Å²) in [4.78, 5) is 6.91. The summed E-state index contributed by atoms with van der Waals surface area (Å²) in [6.07, 6.45) is 4.38. The first-order chi connectivity index (χ1) is 8.58. The maximum Gasteiger partial charge on any atom is 0.0743 e. The number of nitrogen functional groups attached to an aromatic ring is 1. The fraction of sp³-hybridized carbons (Fsp3) is 0.400. The monoisotopic (exact) mass is 241 g/mol. The molecule has 1 aromatic carbocycles. The molecule has 0 unspecified atom stereocenters. The molecule has 18 heavy (non-hydrogen) atoms. The van der Waals surface area contributed by atoms with Gasteiger partial charge in [0, 0.05) is 35.0 Å². The van der Waals surface area contributed by atoms with E-state index in [1.165, 1.54) is 23.9 Å². The van der Waals surface area contributed by atoms with E-state index in [4.69, 9.17) is 5.73 Å². The van der Waals surface area contributed by atoms with Crippen LogP contribution in [0, 0.1) is 0 Å². The molecule has 2 N–H and O–H groups in total. The number of fused-ring (bicyclic) bond motifs is 1. The number of hydrogen-bond acceptors (Lipinski definition) is 3. The SMILES string of the molecule is CC1(C)CCCN1c1ccnc2cc(N)ccc12. The van der Waals surface area contributed by atoms with E-state index in [2.05, 4.69) is 35.9 Å². The van der Waals surface area contributed by atoms with E-state index < -0.39 is 0 Å². The normalized spacial score (nSPS) is 18.4. The van der Waals surface area contributed by atoms with E-state index in [1.54, 1.807) is 0 Å². The van der Waals surface area contributed by atoms with Crippen molar-refractivity contribution in [3.05, 3.63) is 30.5 Å². The molecule has 3 heteroatoms. The van der Waals surface area contributed by atoms with Gasteiger partial charge < -0.3 is 10.6 Å². The molecule has 1 fully saturated rings. The lowest BCUT2D eigenvalue weighted by atomic mass is 10.0. The molecular weight excluding hydrogens is 222 g/mol. The lowest BCUT2D eigenvalue weighted by Gasteiger charge is -2.34.